The van der Waals surface area contributed by atoms with E-state index in [-0.39, 0.29) is 12.1 Å². The van der Waals surface area contributed by atoms with Gasteiger partial charge in [0.25, 0.3) is 0 Å². The molecule has 2 N–H and O–H groups in total. The average Bonchev–Trinajstić information content (AvgIpc) is 2.82. The van der Waals surface area contributed by atoms with Gasteiger partial charge < -0.3 is 10.5 Å². The molecular formula is C12H15N3OS. The summed E-state index contributed by atoms with van der Waals surface area (Å²) in [6.07, 6.45) is 1.88. The largest absolute Gasteiger partial charge is 0.491 e. The van der Waals surface area contributed by atoms with Crippen molar-refractivity contribution in [2.75, 3.05) is 0 Å². The van der Waals surface area contributed by atoms with Crippen molar-refractivity contribution in [2.24, 2.45) is 5.73 Å². The maximum Gasteiger partial charge on any atom is 0.119 e. The van der Waals surface area contributed by atoms with E-state index in [1.807, 2.05) is 38.1 Å². The normalized spacial score (nSPS) is 12.7. The molecule has 5 heteroatoms. The number of hydrogen-bond donors (Lipinski definition) is 1. The number of nitrogens with two attached hydrogens (primary N) is 1. The van der Waals surface area contributed by atoms with E-state index in [0.29, 0.717) is 0 Å². The molecule has 0 saturated carbocycles. The van der Waals surface area contributed by atoms with E-state index in [0.717, 1.165) is 16.2 Å². The monoisotopic (exact) mass is 249 g/mol. The van der Waals surface area contributed by atoms with E-state index in [1.54, 1.807) is 6.20 Å². The van der Waals surface area contributed by atoms with Crippen LogP contribution in [0.2, 0.25) is 0 Å². The van der Waals surface area contributed by atoms with Gasteiger partial charge >= 0.3 is 0 Å². The van der Waals surface area contributed by atoms with Crippen LogP contribution in [0.3, 0.4) is 0 Å². The highest BCUT2D eigenvalue weighted by Crippen LogP contribution is 2.23. The van der Waals surface area contributed by atoms with Gasteiger partial charge in [-0.3, -0.25) is 0 Å². The molecule has 1 aromatic heterocycles. The van der Waals surface area contributed by atoms with Gasteiger partial charge in [-0.1, -0.05) is 16.6 Å². The summed E-state index contributed by atoms with van der Waals surface area (Å²) in [7, 11) is 0. The highest BCUT2D eigenvalue weighted by atomic mass is 32.1. The molecule has 1 heterocycles. The van der Waals surface area contributed by atoms with Crippen LogP contribution in [0, 0.1) is 0 Å². The quantitative estimate of drug-likeness (QED) is 0.903. The minimum Gasteiger partial charge on any atom is -0.491 e. The van der Waals surface area contributed by atoms with Crippen molar-refractivity contribution in [1.82, 2.24) is 9.59 Å². The second-order valence-corrected chi connectivity index (χ2v) is 4.85. The molecule has 0 radical (unpaired) electrons. The van der Waals surface area contributed by atoms with Gasteiger partial charge in [-0.05, 0) is 43.1 Å². The Morgan fingerprint density at radius 3 is 2.47 bits per heavy atom. The molecule has 4 nitrogen and oxygen atoms in total. The average molecular weight is 249 g/mol. The molecule has 1 atom stereocenters. The third kappa shape index (κ3) is 3.01. The van der Waals surface area contributed by atoms with Crippen molar-refractivity contribution in [3.8, 4) is 5.75 Å². The van der Waals surface area contributed by atoms with Crippen LogP contribution in [0.5, 0.6) is 5.75 Å². The van der Waals surface area contributed by atoms with Gasteiger partial charge in [0.05, 0.1) is 23.2 Å². The Hall–Kier alpha value is -1.46. The standard InChI is InChI=1S/C12H15N3OS/c1-8(2)16-10-5-3-9(4-6-10)12(13)11-7-14-15-17-11/h3-8,12H,13H2,1-2H3. The van der Waals surface area contributed by atoms with Crippen molar-refractivity contribution in [1.29, 1.82) is 0 Å². The molecule has 0 aliphatic heterocycles. The summed E-state index contributed by atoms with van der Waals surface area (Å²) in [5, 5.41) is 3.79. The lowest BCUT2D eigenvalue weighted by Crippen LogP contribution is -2.10. The minimum atomic E-state index is -0.164. The molecule has 2 rings (SSSR count). The summed E-state index contributed by atoms with van der Waals surface area (Å²) in [6.45, 7) is 4.01. The van der Waals surface area contributed by atoms with Crippen molar-refractivity contribution in [3.05, 3.63) is 40.9 Å². The highest BCUT2D eigenvalue weighted by Gasteiger charge is 2.11. The maximum atomic E-state index is 6.10. The van der Waals surface area contributed by atoms with Crippen molar-refractivity contribution in [2.45, 2.75) is 26.0 Å². The van der Waals surface area contributed by atoms with E-state index >= 15 is 0 Å². The zero-order valence-corrected chi connectivity index (χ0v) is 10.6. The van der Waals surface area contributed by atoms with Crippen LogP contribution in [-0.4, -0.2) is 15.7 Å². The van der Waals surface area contributed by atoms with Crippen LogP contribution in [0.15, 0.2) is 30.5 Å². The summed E-state index contributed by atoms with van der Waals surface area (Å²) in [6, 6.07) is 7.65. The van der Waals surface area contributed by atoms with Gasteiger partial charge in [0.15, 0.2) is 0 Å². The second kappa shape index (κ2) is 5.25. The molecule has 17 heavy (non-hydrogen) atoms. The number of rotatable bonds is 4. The molecule has 90 valence electrons. The van der Waals surface area contributed by atoms with E-state index in [4.69, 9.17) is 10.5 Å². The first-order valence-corrected chi connectivity index (χ1v) is 6.23. The Balaban J connectivity index is 2.12. The summed E-state index contributed by atoms with van der Waals surface area (Å²) < 4.78 is 9.39. The molecule has 0 aliphatic rings. The number of hydrogen-bond acceptors (Lipinski definition) is 5. The zero-order valence-electron chi connectivity index (χ0n) is 9.83. The number of ether oxygens (including phenoxy) is 1. The lowest BCUT2D eigenvalue weighted by Gasteiger charge is -2.12. The molecule has 1 aromatic carbocycles. The molecule has 0 saturated heterocycles. The Bertz CT molecular complexity index is 453. The predicted octanol–water partition coefficient (Wildman–Crippen LogP) is 2.37. The van der Waals surface area contributed by atoms with Gasteiger partial charge in [-0.15, -0.1) is 5.10 Å². The predicted molar refractivity (Wildman–Crippen MR) is 68.1 cm³/mol. The van der Waals surface area contributed by atoms with Crippen molar-refractivity contribution < 1.29 is 4.74 Å². The Kier molecular flexibility index (Phi) is 3.71. The molecule has 0 fully saturated rings. The van der Waals surface area contributed by atoms with E-state index in [1.165, 1.54) is 11.5 Å². The minimum absolute atomic E-state index is 0.164. The molecule has 0 bridgehead atoms. The number of nitrogens with zero attached hydrogens (tertiary/aromatic N) is 2. The highest BCUT2D eigenvalue weighted by molar-refractivity contribution is 7.05. The second-order valence-electron chi connectivity index (χ2n) is 4.03. The number of benzene rings is 1. The van der Waals surface area contributed by atoms with Gasteiger partial charge in [0.1, 0.15) is 5.75 Å². The lowest BCUT2D eigenvalue weighted by atomic mass is 10.1. The third-order valence-corrected chi connectivity index (χ3v) is 3.04. The first kappa shape index (κ1) is 12.0. The lowest BCUT2D eigenvalue weighted by molar-refractivity contribution is 0.242. The summed E-state index contributed by atoms with van der Waals surface area (Å²) in [5.74, 6) is 0.860. The maximum absolute atomic E-state index is 6.10. The summed E-state index contributed by atoms with van der Waals surface area (Å²) in [4.78, 5) is 0.961. The number of aromatic nitrogens is 2. The summed E-state index contributed by atoms with van der Waals surface area (Å²) in [5.41, 5.74) is 7.14. The topological polar surface area (TPSA) is 61.0 Å². The first-order chi connectivity index (χ1) is 8.16. The van der Waals surface area contributed by atoms with Crippen LogP contribution >= 0.6 is 11.5 Å². The Labute approximate surface area is 105 Å². The van der Waals surface area contributed by atoms with Crippen molar-refractivity contribution >= 4 is 11.5 Å². The summed E-state index contributed by atoms with van der Waals surface area (Å²) >= 11 is 1.32. The SMILES string of the molecule is CC(C)Oc1ccc(C(N)c2cnns2)cc1. The van der Waals surface area contributed by atoms with Gasteiger partial charge in [0, 0.05) is 0 Å². The molecule has 0 aliphatic carbocycles. The molecule has 0 amide bonds. The van der Waals surface area contributed by atoms with Gasteiger partial charge in [0.2, 0.25) is 0 Å². The fourth-order valence-electron chi connectivity index (χ4n) is 1.50. The van der Waals surface area contributed by atoms with E-state index < -0.39 is 0 Å². The third-order valence-electron chi connectivity index (χ3n) is 2.30. The van der Waals surface area contributed by atoms with Crippen LogP contribution in [0.25, 0.3) is 0 Å². The molecule has 2 aromatic rings. The van der Waals surface area contributed by atoms with Gasteiger partial charge in [-0.2, -0.15) is 0 Å². The van der Waals surface area contributed by atoms with E-state index in [9.17, 15) is 0 Å². The van der Waals surface area contributed by atoms with Gasteiger partial charge in [-0.25, -0.2) is 0 Å². The molecule has 0 spiro atoms. The Morgan fingerprint density at radius 2 is 1.94 bits per heavy atom. The molecule has 1 unspecified atom stereocenters. The Morgan fingerprint density at radius 1 is 1.24 bits per heavy atom. The molecular weight excluding hydrogens is 234 g/mol. The van der Waals surface area contributed by atoms with Crippen molar-refractivity contribution in [3.63, 3.8) is 0 Å². The first-order valence-electron chi connectivity index (χ1n) is 5.46. The van der Waals surface area contributed by atoms with Crippen LogP contribution in [0.4, 0.5) is 0 Å². The smallest absolute Gasteiger partial charge is 0.119 e. The fraction of sp³-hybridized carbons (Fsp3) is 0.333. The van der Waals surface area contributed by atoms with Crippen LogP contribution in [0.1, 0.15) is 30.3 Å². The van der Waals surface area contributed by atoms with E-state index in [2.05, 4.69) is 9.59 Å². The van der Waals surface area contributed by atoms with Crippen LogP contribution in [-0.2, 0) is 0 Å². The van der Waals surface area contributed by atoms with Crippen LogP contribution < -0.4 is 10.5 Å². The zero-order chi connectivity index (χ0) is 12.3. The fourth-order valence-corrected chi connectivity index (χ4v) is 2.03.